The van der Waals surface area contributed by atoms with Crippen LogP contribution in [0.3, 0.4) is 0 Å². The van der Waals surface area contributed by atoms with Crippen molar-refractivity contribution in [1.29, 1.82) is 0 Å². The Morgan fingerprint density at radius 1 is 1.28 bits per heavy atom. The van der Waals surface area contributed by atoms with Gasteiger partial charge in [0.2, 0.25) is 0 Å². The van der Waals surface area contributed by atoms with E-state index < -0.39 is 5.97 Å². The molecule has 2 aliphatic carbocycles. The van der Waals surface area contributed by atoms with Crippen LogP contribution in [0.1, 0.15) is 74.1 Å². The van der Waals surface area contributed by atoms with Crippen molar-refractivity contribution in [3.63, 3.8) is 0 Å². The van der Waals surface area contributed by atoms with Gasteiger partial charge in [-0.2, -0.15) is 0 Å². The maximum atomic E-state index is 10.9. The molecule has 0 spiro atoms. The number of aliphatic carboxylic acids is 1. The normalized spacial score (nSPS) is 24.1. The summed E-state index contributed by atoms with van der Waals surface area (Å²) >= 11 is 0. The minimum absolute atomic E-state index is 0.0360. The monoisotopic (exact) mass is 249 g/mol. The van der Waals surface area contributed by atoms with Crippen LogP contribution in [0, 0.1) is 0 Å². The zero-order chi connectivity index (χ0) is 12.5. The zero-order valence-corrected chi connectivity index (χ0v) is 10.5. The van der Waals surface area contributed by atoms with Crippen LogP contribution in [-0.4, -0.2) is 16.1 Å². The van der Waals surface area contributed by atoms with Crippen LogP contribution in [-0.2, 0) is 11.2 Å². The summed E-state index contributed by atoms with van der Waals surface area (Å²) in [5, 5.41) is 8.95. The Hall–Kier alpha value is -1.32. The third kappa shape index (κ3) is 2.16. The highest BCUT2D eigenvalue weighted by Gasteiger charge is 2.31. The summed E-state index contributed by atoms with van der Waals surface area (Å²) in [5.74, 6) is 1.50. The molecule has 1 atom stereocenters. The van der Waals surface area contributed by atoms with Gasteiger partial charge in [-0.05, 0) is 32.1 Å². The Kier molecular flexibility index (Phi) is 3.10. The fraction of sp³-hybridized carbons (Fsp3) is 0.714. The molecule has 18 heavy (non-hydrogen) atoms. The van der Waals surface area contributed by atoms with Crippen LogP contribution in [0.25, 0.3) is 0 Å². The van der Waals surface area contributed by atoms with Gasteiger partial charge in [0, 0.05) is 11.8 Å². The number of carbonyl (C=O) groups is 1. The molecular weight excluding hydrogens is 230 g/mol. The van der Waals surface area contributed by atoms with Crippen LogP contribution < -0.4 is 0 Å². The molecule has 98 valence electrons. The van der Waals surface area contributed by atoms with Gasteiger partial charge in [-0.25, -0.2) is 4.98 Å². The average molecular weight is 249 g/mol. The van der Waals surface area contributed by atoms with E-state index in [1.165, 1.54) is 25.7 Å². The fourth-order valence-electron chi connectivity index (χ4n) is 3.28. The quantitative estimate of drug-likeness (QED) is 0.893. The second-order valence-electron chi connectivity index (χ2n) is 5.53. The molecule has 1 N–H and O–H groups in total. The predicted octanol–water partition coefficient (Wildman–Crippen LogP) is 3.23. The Labute approximate surface area is 106 Å². The van der Waals surface area contributed by atoms with Crippen LogP contribution in [0.5, 0.6) is 0 Å². The smallest absolute Gasteiger partial charge is 0.304 e. The van der Waals surface area contributed by atoms with Gasteiger partial charge in [0.05, 0.1) is 12.1 Å². The molecule has 0 saturated heterocycles. The Morgan fingerprint density at radius 3 is 2.78 bits per heavy atom. The van der Waals surface area contributed by atoms with E-state index in [9.17, 15) is 4.79 Å². The topological polar surface area (TPSA) is 63.3 Å². The number of aryl methyl sites for hydroxylation is 1. The number of carboxylic acids is 1. The number of hydrogen-bond donors (Lipinski definition) is 1. The lowest BCUT2D eigenvalue weighted by atomic mass is 9.88. The average Bonchev–Trinajstić information content (AvgIpc) is 2.97. The van der Waals surface area contributed by atoms with Gasteiger partial charge in [0.25, 0.3) is 0 Å². The minimum Gasteiger partial charge on any atom is -0.481 e. The van der Waals surface area contributed by atoms with Crippen LogP contribution in [0.4, 0.5) is 0 Å². The van der Waals surface area contributed by atoms with Gasteiger partial charge in [-0.1, -0.05) is 12.8 Å². The molecule has 4 heteroatoms. The second kappa shape index (κ2) is 4.75. The van der Waals surface area contributed by atoms with Crippen molar-refractivity contribution in [2.75, 3.05) is 0 Å². The molecule has 2 aliphatic rings. The summed E-state index contributed by atoms with van der Waals surface area (Å²) in [6.07, 6.45) is 7.92. The van der Waals surface area contributed by atoms with E-state index in [4.69, 9.17) is 9.52 Å². The largest absolute Gasteiger partial charge is 0.481 e. The summed E-state index contributed by atoms with van der Waals surface area (Å²) in [6.45, 7) is 0. The van der Waals surface area contributed by atoms with Crippen LogP contribution in [0.2, 0.25) is 0 Å². The van der Waals surface area contributed by atoms with Crippen molar-refractivity contribution >= 4 is 5.97 Å². The number of carboxylic acid groups (broad SMARTS) is 1. The van der Waals surface area contributed by atoms with Crippen molar-refractivity contribution in [2.24, 2.45) is 0 Å². The molecule has 1 saturated carbocycles. The highest BCUT2D eigenvalue weighted by molar-refractivity contribution is 5.68. The van der Waals surface area contributed by atoms with Crippen molar-refractivity contribution in [1.82, 2.24) is 4.98 Å². The number of rotatable bonds is 3. The molecular formula is C14H19NO3. The molecule has 0 radical (unpaired) electrons. The summed E-state index contributed by atoms with van der Waals surface area (Å²) in [6, 6.07) is 0. The van der Waals surface area contributed by atoms with Gasteiger partial charge in [0.15, 0.2) is 5.89 Å². The molecule has 1 unspecified atom stereocenters. The Balaban J connectivity index is 1.84. The first kappa shape index (κ1) is 11.8. The zero-order valence-electron chi connectivity index (χ0n) is 10.5. The van der Waals surface area contributed by atoms with Gasteiger partial charge < -0.3 is 9.52 Å². The number of hydrogen-bond acceptors (Lipinski definition) is 3. The van der Waals surface area contributed by atoms with Crippen molar-refractivity contribution in [2.45, 2.75) is 63.2 Å². The van der Waals surface area contributed by atoms with E-state index in [2.05, 4.69) is 4.98 Å². The predicted molar refractivity (Wildman–Crippen MR) is 65.6 cm³/mol. The van der Waals surface area contributed by atoms with E-state index in [0.29, 0.717) is 5.92 Å². The molecule has 0 aromatic carbocycles. The summed E-state index contributed by atoms with van der Waals surface area (Å²) in [5.41, 5.74) is 1.02. The molecule has 1 aromatic heterocycles. The number of oxazole rings is 1. The molecule has 3 rings (SSSR count). The first-order chi connectivity index (χ1) is 8.74. The third-order valence-corrected chi connectivity index (χ3v) is 4.21. The fourth-order valence-corrected chi connectivity index (χ4v) is 3.28. The summed E-state index contributed by atoms with van der Waals surface area (Å²) < 4.78 is 5.93. The van der Waals surface area contributed by atoms with Gasteiger partial charge >= 0.3 is 5.97 Å². The van der Waals surface area contributed by atoms with Gasteiger partial charge in [0.1, 0.15) is 5.76 Å². The Morgan fingerprint density at radius 2 is 2.06 bits per heavy atom. The highest BCUT2D eigenvalue weighted by atomic mass is 16.4. The van der Waals surface area contributed by atoms with Crippen molar-refractivity contribution in [3.05, 3.63) is 17.3 Å². The first-order valence-electron chi connectivity index (χ1n) is 6.95. The van der Waals surface area contributed by atoms with E-state index in [1.807, 2.05) is 0 Å². The molecule has 0 aliphatic heterocycles. The molecule has 0 amide bonds. The molecule has 1 aromatic rings. The SMILES string of the molecule is O=C(O)CC1CCCc2nc(C3CCCC3)oc21. The maximum Gasteiger partial charge on any atom is 0.304 e. The number of fused-ring (bicyclic) bond motifs is 1. The lowest BCUT2D eigenvalue weighted by molar-refractivity contribution is -0.137. The lowest BCUT2D eigenvalue weighted by Gasteiger charge is -2.17. The number of nitrogens with zero attached hydrogens (tertiary/aromatic N) is 1. The van der Waals surface area contributed by atoms with E-state index in [-0.39, 0.29) is 12.3 Å². The van der Waals surface area contributed by atoms with Crippen LogP contribution in [0.15, 0.2) is 4.42 Å². The lowest BCUT2D eigenvalue weighted by Crippen LogP contribution is -2.12. The van der Waals surface area contributed by atoms with E-state index >= 15 is 0 Å². The van der Waals surface area contributed by atoms with E-state index in [0.717, 1.165) is 36.6 Å². The standard InChI is InChI=1S/C14H19NO3/c16-12(17)8-10-6-3-7-11-13(10)18-14(15-11)9-4-1-2-5-9/h9-10H,1-8H2,(H,16,17). The third-order valence-electron chi connectivity index (χ3n) is 4.21. The highest BCUT2D eigenvalue weighted by Crippen LogP contribution is 2.39. The van der Waals surface area contributed by atoms with Gasteiger partial charge in [-0.15, -0.1) is 0 Å². The van der Waals surface area contributed by atoms with Crippen molar-refractivity contribution < 1.29 is 14.3 Å². The molecule has 1 heterocycles. The molecule has 1 fully saturated rings. The van der Waals surface area contributed by atoms with Gasteiger partial charge in [-0.3, -0.25) is 4.79 Å². The minimum atomic E-state index is -0.744. The Bertz CT molecular complexity index is 446. The first-order valence-corrected chi connectivity index (χ1v) is 6.95. The van der Waals surface area contributed by atoms with Crippen LogP contribution >= 0.6 is 0 Å². The maximum absolute atomic E-state index is 10.9. The summed E-state index contributed by atoms with van der Waals surface area (Å²) in [4.78, 5) is 15.5. The molecule has 0 bridgehead atoms. The summed E-state index contributed by atoms with van der Waals surface area (Å²) in [7, 11) is 0. The van der Waals surface area contributed by atoms with E-state index in [1.54, 1.807) is 0 Å². The van der Waals surface area contributed by atoms with Crippen molar-refractivity contribution in [3.8, 4) is 0 Å². The second-order valence-corrected chi connectivity index (χ2v) is 5.53. The molecule has 4 nitrogen and oxygen atoms in total. The number of aromatic nitrogens is 1.